The second-order valence-electron chi connectivity index (χ2n) is 4.38. The third kappa shape index (κ3) is 1.55. The van der Waals surface area contributed by atoms with E-state index in [1.165, 1.54) is 11.8 Å². The number of nitrogens with zero attached hydrogens (tertiary/aromatic N) is 2. The highest BCUT2D eigenvalue weighted by Gasteiger charge is 2.20. The van der Waals surface area contributed by atoms with Crippen LogP contribution in [0.5, 0.6) is 0 Å². The first-order valence-electron chi connectivity index (χ1n) is 5.68. The van der Waals surface area contributed by atoms with Gasteiger partial charge in [-0.1, -0.05) is 0 Å². The molecular formula is C13H12F2N2. The van der Waals surface area contributed by atoms with Crippen molar-refractivity contribution < 1.29 is 8.78 Å². The lowest BCUT2D eigenvalue weighted by atomic mass is 10.1. The largest absolute Gasteiger partial charge is 0.269 e. The van der Waals surface area contributed by atoms with Crippen molar-refractivity contribution >= 4 is 0 Å². The minimum Gasteiger partial charge on any atom is -0.269 e. The fourth-order valence-corrected chi connectivity index (χ4v) is 2.40. The SMILES string of the molecule is Cc1c(-c2ccc(F)c(F)c2)nn2c1CCC2. The summed E-state index contributed by atoms with van der Waals surface area (Å²) < 4.78 is 28.0. The van der Waals surface area contributed by atoms with Crippen LogP contribution in [-0.2, 0) is 13.0 Å². The van der Waals surface area contributed by atoms with Crippen LogP contribution >= 0.6 is 0 Å². The van der Waals surface area contributed by atoms with Gasteiger partial charge in [0, 0.05) is 17.8 Å². The van der Waals surface area contributed by atoms with Gasteiger partial charge in [-0.25, -0.2) is 8.78 Å². The molecule has 0 radical (unpaired) electrons. The summed E-state index contributed by atoms with van der Waals surface area (Å²) >= 11 is 0. The van der Waals surface area contributed by atoms with Crippen molar-refractivity contribution in [2.24, 2.45) is 0 Å². The second kappa shape index (κ2) is 3.65. The van der Waals surface area contributed by atoms with Crippen molar-refractivity contribution in [3.63, 3.8) is 0 Å². The van der Waals surface area contributed by atoms with Crippen molar-refractivity contribution in [1.29, 1.82) is 0 Å². The van der Waals surface area contributed by atoms with E-state index in [4.69, 9.17) is 0 Å². The standard InChI is InChI=1S/C13H12F2N2/c1-8-12-3-2-6-17(12)16-13(8)9-4-5-10(14)11(15)7-9/h4-5,7H,2-3,6H2,1H3. The molecular weight excluding hydrogens is 222 g/mol. The lowest BCUT2D eigenvalue weighted by Crippen LogP contribution is -1.94. The highest BCUT2D eigenvalue weighted by molar-refractivity contribution is 5.64. The summed E-state index contributed by atoms with van der Waals surface area (Å²) in [7, 11) is 0. The summed E-state index contributed by atoms with van der Waals surface area (Å²) in [5.41, 5.74) is 3.69. The molecule has 4 heteroatoms. The van der Waals surface area contributed by atoms with Crippen LogP contribution in [0.15, 0.2) is 18.2 Å². The van der Waals surface area contributed by atoms with E-state index in [1.807, 2.05) is 11.6 Å². The third-order valence-electron chi connectivity index (χ3n) is 3.30. The van der Waals surface area contributed by atoms with Crippen molar-refractivity contribution in [3.05, 3.63) is 41.1 Å². The first kappa shape index (κ1) is 10.4. The van der Waals surface area contributed by atoms with E-state index >= 15 is 0 Å². The minimum atomic E-state index is -0.824. The molecule has 0 unspecified atom stereocenters. The topological polar surface area (TPSA) is 17.8 Å². The monoisotopic (exact) mass is 234 g/mol. The van der Waals surface area contributed by atoms with Gasteiger partial charge in [0.05, 0.1) is 5.69 Å². The van der Waals surface area contributed by atoms with E-state index in [2.05, 4.69) is 5.10 Å². The maximum absolute atomic E-state index is 13.2. The average Bonchev–Trinajstić information content (AvgIpc) is 2.86. The summed E-state index contributed by atoms with van der Waals surface area (Å²) in [6.07, 6.45) is 2.13. The van der Waals surface area contributed by atoms with Gasteiger partial charge >= 0.3 is 0 Å². The van der Waals surface area contributed by atoms with Gasteiger partial charge in [0.25, 0.3) is 0 Å². The first-order chi connectivity index (χ1) is 8.16. The van der Waals surface area contributed by atoms with Crippen molar-refractivity contribution in [1.82, 2.24) is 9.78 Å². The fraction of sp³-hybridized carbons (Fsp3) is 0.308. The molecule has 2 heterocycles. The Bertz CT molecular complexity index is 587. The predicted octanol–water partition coefficient (Wildman–Crippen LogP) is 3.08. The van der Waals surface area contributed by atoms with Crippen LogP contribution in [-0.4, -0.2) is 9.78 Å². The molecule has 0 saturated heterocycles. The highest BCUT2D eigenvalue weighted by atomic mass is 19.2. The van der Waals surface area contributed by atoms with E-state index in [-0.39, 0.29) is 0 Å². The third-order valence-corrected chi connectivity index (χ3v) is 3.30. The number of fused-ring (bicyclic) bond motifs is 1. The molecule has 0 amide bonds. The van der Waals surface area contributed by atoms with Crippen LogP contribution < -0.4 is 0 Å². The molecule has 0 bridgehead atoms. The van der Waals surface area contributed by atoms with Gasteiger partial charge in [-0.05, 0) is 43.5 Å². The fourth-order valence-electron chi connectivity index (χ4n) is 2.40. The summed E-state index contributed by atoms with van der Waals surface area (Å²) in [5, 5.41) is 4.46. The normalized spacial score (nSPS) is 14.1. The zero-order chi connectivity index (χ0) is 12.0. The number of halogens is 2. The number of aromatic nitrogens is 2. The van der Waals surface area contributed by atoms with E-state index < -0.39 is 11.6 Å². The second-order valence-corrected chi connectivity index (χ2v) is 4.38. The number of hydrogen-bond acceptors (Lipinski definition) is 1. The van der Waals surface area contributed by atoms with Crippen LogP contribution in [0, 0.1) is 18.6 Å². The Morgan fingerprint density at radius 3 is 2.76 bits per heavy atom. The minimum absolute atomic E-state index is 0.642. The van der Waals surface area contributed by atoms with Crippen molar-refractivity contribution in [2.45, 2.75) is 26.3 Å². The Morgan fingerprint density at radius 1 is 1.24 bits per heavy atom. The predicted molar refractivity (Wildman–Crippen MR) is 60.6 cm³/mol. The van der Waals surface area contributed by atoms with Crippen LogP contribution in [0.25, 0.3) is 11.3 Å². The zero-order valence-corrected chi connectivity index (χ0v) is 9.50. The Kier molecular flexibility index (Phi) is 2.24. The first-order valence-corrected chi connectivity index (χ1v) is 5.68. The van der Waals surface area contributed by atoms with Crippen molar-refractivity contribution in [3.8, 4) is 11.3 Å². The van der Waals surface area contributed by atoms with E-state index in [1.54, 1.807) is 6.07 Å². The van der Waals surface area contributed by atoms with Gasteiger partial charge in [-0.15, -0.1) is 0 Å². The van der Waals surface area contributed by atoms with E-state index in [9.17, 15) is 8.78 Å². The number of benzene rings is 1. The van der Waals surface area contributed by atoms with Crippen LogP contribution in [0.1, 0.15) is 17.7 Å². The van der Waals surface area contributed by atoms with Gasteiger partial charge in [0.1, 0.15) is 0 Å². The molecule has 88 valence electrons. The smallest absolute Gasteiger partial charge is 0.159 e. The molecule has 1 aliphatic heterocycles. The Hall–Kier alpha value is -1.71. The van der Waals surface area contributed by atoms with Gasteiger partial charge in [0.15, 0.2) is 11.6 Å². The van der Waals surface area contributed by atoms with Gasteiger partial charge in [-0.2, -0.15) is 5.10 Å². The zero-order valence-electron chi connectivity index (χ0n) is 9.50. The maximum Gasteiger partial charge on any atom is 0.159 e. The molecule has 0 spiro atoms. The van der Waals surface area contributed by atoms with Crippen LogP contribution in [0.3, 0.4) is 0 Å². The molecule has 2 aromatic rings. The number of rotatable bonds is 1. The van der Waals surface area contributed by atoms with Crippen LogP contribution in [0.2, 0.25) is 0 Å². The molecule has 3 rings (SSSR count). The summed E-state index contributed by atoms with van der Waals surface area (Å²) in [6.45, 7) is 2.90. The Labute approximate surface area is 97.9 Å². The summed E-state index contributed by atoms with van der Waals surface area (Å²) in [6, 6.07) is 3.93. The number of aryl methyl sites for hydroxylation is 1. The lowest BCUT2D eigenvalue weighted by molar-refractivity contribution is 0.509. The molecule has 17 heavy (non-hydrogen) atoms. The number of hydrogen-bond donors (Lipinski definition) is 0. The molecule has 1 aliphatic rings. The van der Waals surface area contributed by atoms with Crippen molar-refractivity contribution in [2.75, 3.05) is 0 Å². The molecule has 2 nitrogen and oxygen atoms in total. The Balaban J connectivity index is 2.12. The Morgan fingerprint density at radius 2 is 2.06 bits per heavy atom. The van der Waals surface area contributed by atoms with Gasteiger partial charge in [0.2, 0.25) is 0 Å². The molecule has 1 aromatic heterocycles. The summed E-state index contributed by atoms with van der Waals surface area (Å²) in [5.74, 6) is -1.65. The van der Waals surface area contributed by atoms with E-state index in [0.29, 0.717) is 5.56 Å². The van der Waals surface area contributed by atoms with Gasteiger partial charge in [-0.3, -0.25) is 4.68 Å². The molecule has 0 saturated carbocycles. The van der Waals surface area contributed by atoms with E-state index in [0.717, 1.165) is 36.7 Å². The molecule has 0 atom stereocenters. The maximum atomic E-state index is 13.2. The lowest BCUT2D eigenvalue weighted by Gasteiger charge is -2.00. The quantitative estimate of drug-likeness (QED) is 0.741. The highest BCUT2D eigenvalue weighted by Crippen LogP contribution is 2.29. The average molecular weight is 234 g/mol. The molecule has 0 aliphatic carbocycles. The molecule has 0 fully saturated rings. The summed E-state index contributed by atoms with van der Waals surface area (Å²) in [4.78, 5) is 0. The molecule has 0 N–H and O–H groups in total. The van der Waals surface area contributed by atoms with Gasteiger partial charge < -0.3 is 0 Å². The van der Waals surface area contributed by atoms with Crippen LogP contribution in [0.4, 0.5) is 8.78 Å². The molecule has 1 aromatic carbocycles.